The molecule has 0 bridgehead atoms. The first-order valence-corrected chi connectivity index (χ1v) is 42.7. The molecule has 98 heavy (non-hydrogen) atoms. The van der Waals surface area contributed by atoms with Gasteiger partial charge in [0.1, 0.15) is 19.8 Å². The molecule has 2 unspecified atom stereocenters. The van der Waals surface area contributed by atoms with Crippen LogP contribution in [0.1, 0.15) is 373 Å². The van der Waals surface area contributed by atoms with E-state index in [2.05, 4.69) is 135 Å². The van der Waals surface area contributed by atoms with Gasteiger partial charge in [-0.05, 0) is 109 Å². The summed E-state index contributed by atoms with van der Waals surface area (Å²) in [7, 11) is 1.17. The summed E-state index contributed by atoms with van der Waals surface area (Å²) < 4.78 is 34.4. The van der Waals surface area contributed by atoms with Gasteiger partial charge in [0.25, 0.3) is 7.82 Å². The number of likely N-dealkylation sites (N-methyl/N-ethyl adjacent to an activating group) is 1. The van der Waals surface area contributed by atoms with Gasteiger partial charge in [-0.25, -0.2) is 0 Å². The molecule has 0 saturated carbocycles. The maximum atomic E-state index is 12.9. The van der Waals surface area contributed by atoms with E-state index >= 15 is 0 Å². The highest BCUT2D eigenvalue weighted by Crippen LogP contribution is 2.38. The van der Waals surface area contributed by atoms with Crippen LogP contribution in [0.4, 0.5) is 0 Å². The Morgan fingerprint density at radius 1 is 0.327 bits per heavy atom. The molecule has 10 heteroatoms. The molecule has 9 nitrogen and oxygen atoms in total. The lowest BCUT2D eigenvalue weighted by Gasteiger charge is -2.28. The van der Waals surface area contributed by atoms with Crippen LogP contribution < -0.4 is 4.89 Å². The first kappa shape index (κ1) is 94.4. The number of allylic oxidation sites excluding steroid dienone is 20. The third-order valence-corrected chi connectivity index (χ3v) is 18.9. The summed E-state index contributed by atoms with van der Waals surface area (Å²) in [6.07, 6.45) is 112. The van der Waals surface area contributed by atoms with E-state index in [1.54, 1.807) is 0 Å². The van der Waals surface area contributed by atoms with Gasteiger partial charge in [-0.3, -0.25) is 14.2 Å². The quantitative estimate of drug-likeness (QED) is 0.0195. The third-order valence-electron chi connectivity index (χ3n) is 18.0. The molecule has 0 aromatic carbocycles. The Balaban J connectivity index is 3.96. The predicted molar refractivity (Wildman–Crippen MR) is 425 cm³/mol. The molecule has 0 aromatic heterocycles. The van der Waals surface area contributed by atoms with E-state index in [-0.39, 0.29) is 32.0 Å². The minimum atomic E-state index is -4.65. The standard InChI is InChI=1S/C88H156NO8P/c1-6-8-10-12-14-16-18-20-22-24-26-28-30-32-34-36-38-40-42-44-46-48-50-52-54-56-58-60-62-64-66-68-70-72-74-76-78-80-87(90)94-84-86(85-96-98(92,93)95-83-82-89(3,4)5)97-88(91)81-79-77-75-73-71-69-67-65-63-61-59-57-55-53-51-49-47-45-43-41-39-37-35-33-31-29-27-25-23-21-19-17-15-13-11-9-7-2/h9,11,15,17-18,20-21,23-24,26-27,29,33,35,39,41,45,47,51,53,86H,6-8,10,12-14,16,19,22,25,28,30-32,34,36-38,40,42-44,46,48-50,52,54-85H2,1-5H3/b11-9-,17-15-,20-18-,23-21-,26-24-,29-27-,35-33-,41-39-,47-45-,53-51-. The van der Waals surface area contributed by atoms with E-state index < -0.39 is 26.5 Å². The largest absolute Gasteiger partial charge is 0.756 e. The van der Waals surface area contributed by atoms with Crippen molar-refractivity contribution in [2.24, 2.45) is 0 Å². The molecular weight excluding hydrogens is 1230 g/mol. The van der Waals surface area contributed by atoms with Crippen molar-refractivity contribution in [2.45, 2.75) is 380 Å². The second-order valence-corrected chi connectivity index (χ2v) is 30.2. The number of carbonyl (C=O) groups is 2. The minimum Gasteiger partial charge on any atom is -0.756 e. The molecule has 0 saturated heterocycles. The van der Waals surface area contributed by atoms with E-state index in [4.69, 9.17) is 18.5 Å². The number of quaternary nitrogens is 1. The smallest absolute Gasteiger partial charge is 0.306 e. The van der Waals surface area contributed by atoms with Crippen molar-refractivity contribution in [3.63, 3.8) is 0 Å². The summed E-state index contributed by atoms with van der Waals surface area (Å²) in [4.78, 5) is 38.2. The number of hydrogen-bond acceptors (Lipinski definition) is 8. The molecule has 0 heterocycles. The van der Waals surface area contributed by atoms with Gasteiger partial charge in [-0.15, -0.1) is 0 Å². The predicted octanol–water partition coefficient (Wildman–Crippen LogP) is 27.1. The van der Waals surface area contributed by atoms with Crippen molar-refractivity contribution in [2.75, 3.05) is 47.5 Å². The summed E-state index contributed by atoms with van der Waals surface area (Å²) in [6, 6.07) is 0. The minimum absolute atomic E-state index is 0.0337. The van der Waals surface area contributed by atoms with Crippen LogP contribution in [0.15, 0.2) is 122 Å². The summed E-state index contributed by atoms with van der Waals surface area (Å²) in [5.74, 6) is -0.824. The summed E-state index contributed by atoms with van der Waals surface area (Å²) >= 11 is 0. The molecule has 0 spiro atoms. The zero-order chi connectivity index (χ0) is 71.1. The SMILES string of the molecule is CC/C=C\C/C=C\C/C=C\C/C=C\C/C=C\C/C=C\C/C=C\C/C=C\CCCCCCCCCCCCCCC(=O)OC(COC(=O)CCCCCCCCCCCCCCCCCCCCCCCCCCC/C=C\C/C=C\CCCCCCC)COP(=O)([O-])OCC[N+](C)(C)C. The van der Waals surface area contributed by atoms with Crippen molar-refractivity contribution in [3.05, 3.63) is 122 Å². The topological polar surface area (TPSA) is 111 Å². The molecule has 0 aliphatic carbocycles. The number of esters is 2. The van der Waals surface area contributed by atoms with Crippen LogP contribution in [0.3, 0.4) is 0 Å². The Hall–Kier alpha value is -3.59. The number of rotatable bonds is 76. The highest BCUT2D eigenvalue weighted by Gasteiger charge is 2.22. The fraction of sp³-hybridized carbons (Fsp3) is 0.750. The Morgan fingerprint density at radius 2 is 0.582 bits per heavy atom. The fourth-order valence-corrected chi connectivity index (χ4v) is 12.4. The van der Waals surface area contributed by atoms with Gasteiger partial charge in [-0.2, -0.15) is 0 Å². The molecule has 0 aromatic rings. The molecule has 0 rings (SSSR count). The van der Waals surface area contributed by atoms with Gasteiger partial charge in [0.15, 0.2) is 6.10 Å². The van der Waals surface area contributed by atoms with E-state index in [0.717, 1.165) is 96.3 Å². The van der Waals surface area contributed by atoms with E-state index in [1.807, 2.05) is 21.1 Å². The van der Waals surface area contributed by atoms with Crippen molar-refractivity contribution in [3.8, 4) is 0 Å². The number of hydrogen-bond donors (Lipinski definition) is 0. The first-order chi connectivity index (χ1) is 48.0. The number of phosphoric acid groups is 1. The van der Waals surface area contributed by atoms with Gasteiger partial charge < -0.3 is 27.9 Å². The van der Waals surface area contributed by atoms with Crippen molar-refractivity contribution < 1.29 is 42.1 Å². The van der Waals surface area contributed by atoms with E-state index in [1.165, 1.54) is 244 Å². The number of carbonyl (C=O) groups excluding carboxylic acids is 2. The van der Waals surface area contributed by atoms with Crippen LogP contribution in [-0.2, 0) is 32.7 Å². The highest BCUT2D eigenvalue weighted by atomic mass is 31.2. The molecule has 2 atom stereocenters. The van der Waals surface area contributed by atoms with E-state index in [9.17, 15) is 19.0 Å². The van der Waals surface area contributed by atoms with Crippen LogP contribution in [-0.4, -0.2) is 70.0 Å². The van der Waals surface area contributed by atoms with Crippen molar-refractivity contribution in [1.82, 2.24) is 0 Å². The average Bonchev–Trinajstić information content (AvgIpc) is 1.08. The second kappa shape index (κ2) is 77.6. The second-order valence-electron chi connectivity index (χ2n) is 28.8. The zero-order valence-electron chi connectivity index (χ0n) is 64.7. The molecule has 0 amide bonds. The number of phosphoric ester groups is 1. The molecular formula is C88H156NO8P. The molecule has 0 radical (unpaired) electrons. The monoisotopic (exact) mass is 1390 g/mol. The van der Waals surface area contributed by atoms with Crippen LogP contribution in [0.25, 0.3) is 0 Å². The Kier molecular flexibility index (Phi) is 74.7. The number of unbranched alkanes of at least 4 members (excludes halogenated alkanes) is 42. The Bertz CT molecular complexity index is 2070. The van der Waals surface area contributed by atoms with Crippen LogP contribution in [0, 0.1) is 0 Å². The number of ether oxygens (including phenoxy) is 2. The van der Waals surface area contributed by atoms with Gasteiger partial charge >= 0.3 is 11.9 Å². The Labute approximate surface area is 607 Å². The molecule has 0 fully saturated rings. The molecule has 0 aliphatic heterocycles. The van der Waals surface area contributed by atoms with Crippen molar-refractivity contribution >= 4 is 19.8 Å². The first-order valence-electron chi connectivity index (χ1n) is 41.2. The van der Waals surface area contributed by atoms with Crippen molar-refractivity contribution in [1.29, 1.82) is 0 Å². The average molecular weight is 1390 g/mol. The van der Waals surface area contributed by atoms with Gasteiger partial charge in [0.05, 0.1) is 27.7 Å². The van der Waals surface area contributed by atoms with Crippen LogP contribution in [0.5, 0.6) is 0 Å². The molecule has 0 N–H and O–H groups in total. The zero-order valence-corrected chi connectivity index (χ0v) is 65.6. The summed E-state index contributed by atoms with van der Waals surface area (Å²) in [5.41, 5.74) is 0. The lowest BCUT2D eigenvalue weighted by atomic mass is 10.0. The highest BCUT2D eigenvalue weighted by molar-refractivity contribution is 7.45. The van der Waals surface area contributed by atoms with Crippen LogP contribution >= 0.6 is 7.82 Å². The lowest BCUT2D eigenvalue weighted by molar-refractivity contribution is -0.870. The van der Waals surface area contributed by atoms with Crippen LogP contribution in [0.2, 0.25) is 0 Å². The Morgan fingerprint density at radius 3 is 0.867 bits per heavy atom. The lowest BCUT2D eigenvalue weighted by Crippen LogP contribution is -2.37. The van der Waals surface area contributed by atoms with Gasteiger partial charge in [-0.1, -0.05) is 373 Å². The molecule has 0 aliphatic rings. The van der Waals surface area contributed by atoms with Gasteiger partial charge in [0, 0.05) is 12.8 Å². The molecule has 566 valence electrons. The third kappa shape index (κ3) is 81.4. The summed E-state index contributed by atoms with van der Waals surface area (Å²) in [5, 5.41) is 0. The van der Waals surface area contributed by atoms with Gasteiger partial charge in [0.2, 0.25) is 0 Å². The fourth-order valence-electron chi connectivity index (χ4n) is 11.7. The maximum Gasteiger partial charge on any atom is 0.306 e. The normalized spacial score (nSPS) is 13.7. The number of nitrogens with zero attached hydrogens (tertiary/aromatic N) is 1. The maximum absolute atomic E-state index is 12.9. The van der Waals surface area contributed by atoms with E-state index in [0.29, 0.717) is 17.4 Å². The summed E-state index contributed by atoms with van der Waals surface area (Å²) in [6.45, 7) is 4.15.